The Balaban J connectivity index is 2.17. The van der Waals surface area contributed by atoms with Crippen LogP contribution in [0.25, 0.3) is 5.76 Å². The Morgan fingerprint density at radius 2 is 2.07 bits per heavy atom. The normalized spacial score (nSPS) is 18.3. The summed E-state index contributed by atoms with van der Waals surface area (Å²) in [6.07, 6.45) is 4.82. The van der Waals surface area contributed by atoms with Gasteiger partial charge >= 0.3 is 0 Å². The third-order valence-electron chi connectivity index (χ3n) is 4.80. The molecule has 0 radical (unpaired) electrons. The zero-order valence-electron chi connectivity index (χ0n) is 16.4. The first kappa shape index (κ1) is 20.9. The molecular formula is C22H23ClN2O4. The first-order chi connectivity index (χ1) is 14.0. The minimum absolute atomic E-state index is 0.00894. The van der Waals surface area contributed by atoms with Gasteiger partial charge in [0.1, 0.15) is 11.5 Å². The number of hydrogen-bond acceptors (Lipinski definition) is 5. The summed E-state index contributed by atoms with van der Waals surface area (Å²) in [5.74, 6) is -1.17. The topological polar surface area (TPSA) is 79.7 Å². The van der Waals surface area contributed by atoms with Crippen molar-refractivity contribution < 1.29 is 19.4 Å². The average molecular weight is 415 g/mol. The molecule has 1 aromatic carbocycles. The molecule has 0 bridgehead atoms. The second kappa shape index (κ2) is 9.09. The number of unbranched alkanes of at least 4 members (excludes halogenated alkanes) is 1. The van der Waals surface area contributed by atoms with E-state index in [-0.39, 0.29) is 21.9 Å². The molecule has 0 aliphatic carbocycles. The van der Waals surface area contributed by atoms with Crippen LogP contribution in [0.3, 0.4) is 0 Å². The minimum Gasteiger partial charge on any atom is -0.507 e. The van der Waals surface area contributed by atoms with Gasteiger partial charge < -0.3 is 14.7 Å². The van der Waals surface area contributed by atoms with Crippen molar-refractivity contribution >= 4 is 29.1 Å². The zero-order valence-corrected chi connectivity index (χ0v) is 17.1. The van der Waals surface area contributed by atoms with E-state index in [1.165, 1.54) is 4.90 Å². The molecule has 1 N–H and O–H groups in total. The number of aliphatic hydroxyl groups is 1. The Kier molecular flexibility index (Phi) is 6.54. The highest BCUT2D eigenvalue weighted by Gasteiger charge is 2.46. The summed E-state index contributed by atoms with van der Waals surface area (Å²) in [7, 11) is 0. The summed E-state index contributed by atoms with van der Waals surface area (Å²) in [4.78, 5) is 31.3. The van der Waals surface area contributed by atoms with E-state index in [0.717, 1.165) is 12.8 Å². The van der Waals surface area contributed by atoms with Crippen molar-refractivity contribution in [3.8, 4) is 5.75 Å². The second-order valence-electron chi connectivity index (χ2n) is 6.71. The maximum absolute atomic E-state index is 12.9. The van der Waals surface area contributed by atoms with Crippen molar-refractivity contribution in [3.05, 3.63) is 64.4 Å². The molecule has 29 heavy (non-hydrogen) atoms. The van der Waals surface area contributed by atoms with E-state index in [1.54, 1.807) is 42.7 Å². The number of benzene rings is 1. The van der Waals surface area contributed by atoms with Gasteiger partial charge in [0, 0.05) is 24.5 Å². The van der Waals surface area contributed by atoms with Crippen molar-refractivity contribution in [2.45, 2.75) is 32.7 Å². The lowest BCUT2D eigenvalue weighted by Crippen LogP contribution is -2.30. The third kappa shape index (κ3) is 4.12. The molecule has 2 aromatic rings. The van der Waals surface area contributed by atoms with Crippen molar-refractivity contribution in [3.63, 3.8) is 0 Å². The highest BCUT2D eigenvalue weighted by molar-refractivity contribution is 6.47. The van der Waals surface area contributed by atoms with E-state index in [1.807, 2.05) is 13.8 Å². The van der Waals surface area contributed by atoms with Gasteiger partial charge in [0.15, 0.2) is 0 Å². The molecule has 1 fully saturated rings. The number of ether oxygens (including phenoxy) is 1. The van der Waals surface area contributed by atoms with Gasteiger partial charge in [-0.2, -0.15) is 0 Å². The van der Waals surface area contributed by atoms with E-state index < -0.39 is 17.7 Å². The van der Waals surface area contributed by atoms with Crippen LogP contribution in [0.4, 0.5) is 0 Å². The Morgan fingerprint density at radius 3 is 2.72 bits per heavy atom. The Morgan fingerprint density at radius 1 is 1.28 bits per heavy atom. The molecule has 0 saturated carbocycles. The zero-order chi connectivity index (χ0) is 21.0. The standard InChI is InChI=1S/C22H23ClN2O4/c1-3-5-11-25-19(14-7-6-10-24-13-14)18(21(27)22(25)28)20(26)16-12-15(29-4-2)8-9-17(16)23/h6-10,12-13,19,26H,3-5,11H2,1-2H3/b20-18+. The van der Waals surface area contributed by atoms with E-state index in [2.05, 4.69) is 4.98 Å². The smallest absolute Gasteiger partial charge is 0.295 e. The highest BCUT2D eigenvalue weighted by Crippen LogP contribution is 2.40. The summed E-state index contributed by atoms with van der Waals surface area (Å²) >= 11 is 6.30. The fourth-order valence-corrected chi connectivity index (χ4v) is 3.62. The number of aromatic nitrogens is 1. The molecule has 1 aliphatic heterocycles. The fourth-order valence-electron chi connectivity index (χ4n) is 3.41. The van der Waals surface area contributed by atoms with E-state index in [4.69, 9.17) is 16.3 Å². The molecule has 1 atom stereocenters. The number of amides is 1. The van der Waals surface area contributed by atoms with Gasteiger partial charge in [0.2, 0.25) is 0 Å². The maximum Gasteiger partial charge on any atom is 0.295 e. The third-order valence-corrected chi connectivity index (χ3v) is 5.13. The molecule has 2 heterocycles. The molecule has 1 amide bonds. The fraction of sp³-hybridized carbons (Fsp3) is 0.318. The van der Waals surface area contributed by atoms with Gasteiger partial charge in [0.25, 0.3) is 11.7 Å². The number of hydrogen-bond donors (Lipinski definition) is 1. The van der Waals surface area contributed by atoms with Crippen molar-refractivity contribution in [1.29, 1.82) is 0 Å². The summed E-state index contributed by atoms with van der Waals surface area (Å²) < 4.78 is 5.48. The molecule has 6 nitrogen and oxygen atoms in total. The Hall–Kier alpha value is -2.86. The van der Waals surface area contributed by atoms with E-state index >= 15 is 0 Å². The van der Waals surface area contributed by atoms with Gasteiger partial charge in [-0.1, -0.05) is 31.0 Å². The van der Waals surface area contributed by atoms with Crippen LogP contribution in [0.5, 0.6) is 5.75 Å². The lowest BCUT2D eigenvalue weighted by atomic mass is 9.96. The number of carbonyl (C=O) groups excluding carboxylic acids is 2. The summed E-state index contributed by atoms with van der Waals surface area (Å²) in [6.45, 7) is 4.70. The van der Waals surface area contributed by atoms with E-state index in [0.29, 0.717) is 24.5 Å². The highest BCUT2D eigenvalue weighted by atomic mass is 35.5. The van der Waals surface area contributed by atoms with Crippen LogP contribution in [0.1, 0.15) is 43.9 Å². The number of ketones is 1. The van der Waals surface area contributed by atoms with Crippen molar-refractivity contribution in [2.75, 3.05) is 13.2 Å². The number of aliphatic hydroxyl groups excluding tert-OH is 1. The largest absolute Gasteiger partial charge is 0.507 e. The van der Waals surface area contributed by atoms with Crippen LogP contribution >= 0.6 is 11.6 Å². The predicted molar refractivity (Wildman–Crippen MR) is 111 cm³/mol. The monoisotopic (exact) mass is 414 g/mol. The summed E-state index contributed by atoms with van der Waals surface area (Å²) in [5, 5.41) is 11.3. The second-order valence-corrected chi connectivity index (χ2v) is 7.11. The predicted octanol–water partition coefficient (Wildman–Crippen LogP) is 4.36. The van der Waals surface area contributed by atoms with Gasteiger partial charge in [-0.3, -0.25) is 14.6 Å². The number of Topliss-reactive ketones (excluding diaryl/α,β-unsaturated/α-hetero) is 1. The number of halogens is 1. The van der Waals surface area contributed by atoms with Gasteiger partial charge in [-0.05, 0) is 43.2 Å². The number of carbonyl (C=O) groups is 2. The summed E-state index contributed by atoms with van der Waals surface area (Å²) in [5.41, 5.74) is 0.913. The van der Waals surface area contributed by atoms with Crippen LogP contribution in [-0.4, -0.2) is 39.8 Å². The average Bonchev–Trinajstić information content (AvgIpc) is 2.98. The molecule has 152 valence electrons. The lowest BCUT2D eigenvalue weighted by Gasteiger charge is -2.25. The molecule has 1 aromatic heterocycles. The Bertz CT molecular complexity index is 943. The number of rotatable bonds is 7. The van der Waals surface area contributed by atoms with Crippen molar-refractivity contribution in [1.82, 2.24) is 9.88 Å². The molecular weight excluding hydrogens is 392 g/mol. The first-order valence-electron chi connectivity index (χ1n) is 9.60. The molecule has 7 heteroatoms. The minimum atomic E-state index is -0.731. The number of pyridine rings is 1. The molecule has 1 unspecified atom stereocenters. The van der Waals surface area contributed by atoms with Crippen LogP contribution in [0.15, 0.2) is 48.3 Å². The first-order valence-corrected chi connectivity index (χ1v) is 9.98. The number of nitrogens with zero attached hydrogens (tertiary/aromatic N) is 2. The van der Waals surface area contributed by atoms with Crippen LogP contribution < -0.4 is 4.74 Å². The lowest BCUT2D eigenvalue weighted by molar-refractivity contribution is -0.139. The van der Waals surface area contributed by atoms with Crippen LogP contribution in [-0.2, 0) is 9.59 Å². The van der Waals surface area contributed by atoms with Crippen LogP contribution in [0, 0.1) is 0 Å². The maximum atomic E-state index is 12.9. The molecule has 3 rings (SSSR count). The SMILES string of the molecule is CCCCN1C(=O)C(=O)/C(=C(/O)c2cc(OCC)ccc2Cl)C1c1cccnc1. The molecule has 1 saturated heterocycles. The molecule has 1 aliphatic rings. The quantitative estimate of drug-likeness (QED) is 0.413. The Labute approximate surface area is 174 Å². The van der Waals surface area contributed by atoms with Crippen molar-refractivity contribution in [2.24, 2.45) is 0 Å². The van der Waals surface area contributed by atoms with Gasteiger partial charge in [0.05, 0.1) is 23.2 Å². The summed E-state index contributed by atoms with van der Waals surface area (Å²) in [6, 6.07) is 7.64. The van der Waals surface area contributed by atoms with Gasteiger partial charge in [-0.15, -0.1) is 0 Å². The van der Waals surface area contributed by atoms with E-state index in [9.17, 15) is 14.7 Å². The number of likely N-dealkylation sites (tertiary alicyclic amines) is 1. The molecule has 0 spiro atoms. The van der Waals surface area contributed by atoms with Gasteiger partial charge in [-0.25, -0.2) is 0 Å². The van der Waals surface area contributed by atoms with Crippen LogP contribution in [0.2, 0.25) is 5.02 Å².